The van der Waals surface area contributed by atoms with Crippen molar-refractivity contribution < 1.29 is 23.2 Å². The molecule has 1 atom stereocenters. The average molecular weight is 314 g/mol. The van der Waals surface area contributed by atoms with E-state index in [1.807, 2.05) is 0 Å². The molecule has 1 unspecified atom stereocenters. The van der Waals surface area contributed by atoms with Gasteiger partial charge < -0.3 is 10.0 Å². The highest BCUT2D eigenvalue weighted by molar-refractivity contribution is 7.91. The molecule has 0 saturated carbocycles. The molecule has 2 rings (SSSR count). The highest BCUT2D eigenvalue weighted by Crippen LogP contribution is 2.28. The smallest absolute Gasteiger partial charge is 0.342 e. The predicted molar refractivity (Wildman–Crippen MR) is 75.5 cm³/mol. The van der Waals surface area contributed by atoms with Crippen LogP contribution >= 0.6 is 0 Å². The van der Waals surface area contributed by atoms with Crippen molar-refractivity contribution in [2.24, 2.45) is 0 Å². The van der Waals surface area contributed by atoms with Crippen LogP contribution in [-0.2, 0) is 9.84 Å². The van der Waals surface area contributed by atoms with E-state index < -0.39 is 32.0 Å². The summed E-state index contributed by atoms with van der Waals surface area (Å²) < 4.78 is 23.0. The van der Waals surface area contributed by atoms with Crippen molar-refractivity contribution in [3.05, 3.63) is 33.9 Å². The SMILES string of the molecule is CN(c1ccc(C(=O)O)c([N+](=O)[O-])c1)C1CCS(=O)(=O)C1. The summed E-state index contributed by atoms with van der Waals surface area (Å²) >= 11 is 0. The summed E-state index contributed by atoms with van der Waals surface area (Å²) in [5.74, 6) is -1.28. The minimum atomic E-state index is -3.07. The Bertz CT molecular complexity index is 700. The van der Waals surface area contributed by atoms with E-state index in [1.165, 1.54) is 6.07 Å². The minimum absolute atomic E-state index is 0.00200. The molecular weight excluding hydrogens is 300 g/mol. The molecule has 114 valence electrons. The number of hydrogen-bond donors (Lipinski definition) is 1. The molecule has 1 heterocycles. The molecule has 21 heavy (non-hydrogen) atoms. The molecule has 1 N–H and O–H groups in total. The number of benzene rings is 1. The van der Waals surface area contributed by atoms with Crippen molar-refractivity contribution in [2.45, 2.75) is 12.5 Å². The number of nitro groups is 1. The summed E-state index contributed by atoms with van der Waals surface area (Å²) in [6.07, 6.45) is 0.452. The summed E-state index contributed by atoms with van der Waals surface area (Å²) in [7, 11) is -1.42. The Hall–Kier alpha value is -2.16. The zero-order chi connectivity index (χ0) is 15.8. The number of carboxylic acids is 1. The van der Waals surface area contributed by atoms with Crippen LogP contribution in [0.1, 0.15) is 16.8 Å². The van der Waals surface area contributed by atoms with Crippen molar-refractivity contribution >= 4 is 27.2 Å². The molecule has 0 aliphatic carbocycles. The van der Waals surface area contributed by atoms with Gasteiger partial charge in [-0.2, -0.15) is 0 Å². The minimum Gasteiger partial charge on any atom is -0.477 e. The Morgan fingerprint density at radius 2 is 2.14 bits per heavy atom. The van der Waals surface area contributed by atoms with Crippen LogP contribution in [0.15, 0.2) is 18.2 Å². The molecule has 0 aromatic heterocycles. The van der Waals surface area contributed by atoms with E-state index in [9.17, 15) is 23.3 Å². The van der Waals surface area contributed by atoms with E-state index >= 15 is 0 Å². The Balaban J connectivity index is 2.35. The van der Waals surface area contributed by atoms with Crippen molar-refractivity contribution in [1.82, 2.24) is 0 Å². The molecule has 0 bridgehead atoms. The third-order valence-corrected chi connectivity index (χ3v) is 5.32. The quantitative estimate of drug-likeness (QED) is 0.648. The Morgan fingerprint density at radius 3 is 2.62 bits per heavy atom. The number of nitrogens with zero attached hydrogens (tertiary/aromatic N) is 2. The van der Waals surface area contributed by atoms with Gasteiger partial charge in [0.15, 0.2) is 9.84 Å². The molecule has 1 aliphatic rings. The third-order valence-electron chi connectivity index (χ3n) is 3.57. The van der Waals surface area contributed by atoms with Gasteiger partial charge in [0.05, 0.1) is 16.4 Å². The first-order valence-corrected chi connectivity index (χ1v) is 7.98. The first-order chi connectivity index (χ1) is 9.71. The molecule has 8 nitrogen and oxygen atoms in total. The number of nitro benzene ring substituents is 1. The predicted octanol–water partition coefficient (Wildman–Crippen LogP) is 0.916. The zero-order valence-electron chi connectivity index (χ0n) is 11.2. The number of rotatable bonds is 4. The molecule has 0 amide bonds. The van der Waals surface area contributed by atoms with Crippen LogP contribution in [0, 0.1) is 10.1 Å². The Morgan fingerprint density at radius 1 is 1.48 bits per heavy atom. The fraction of sp³-hybridized carbons (Fsp3) is 0.417. The highest BCUT2D eigenvalue weighted by atomic mass is 32.2. The average Bonchev–Trinajstić information content (AvgIpc) is 2.77. The molecule has 9 heteroatoms. The van der Waals surface area contributed by atoms with Gasteiger partial charge in [0.2, 0.25) is 0 Å². The summed E-state index contributed by atoms with van der Waals surface area (Å²) in [6.45, 7) is 0. The lowest BCUT2D eigenvalue weighted by Gasteiger charge is -2.25. The van der Waals surface area contributed by atoms with Gasteiger partial charge in [-0.15, -0.1) is 0 Å². The first kappa shape index (κ1) is 15.2. The second kappa shape index (κ2) is 5.32. The second-order valence-electron chi connectivity index (χ2n) is 4.93. The van der Waals surface area contributed by atoms with E-state index in [0.717, 1.165) is 12.1 Å². The van der Waals surface area contributed by atoms with Crippen LogP contribution < -0.4 is 4.90 Å². The maximum Gasteiger partial charge on any atom is 0.342 e. The zero-order valence-corrected chi connectivity index (χ0v) is 12.0. The van der Waals surface area contributed by atoms with Crippen molar-refractivity contribution in [3.63, 3.8) is 0 Å². The van der Waals surface area contributed by atoms with Gasteiger partial charge in [-0.25, -0.2) is 13.2 Å². The Labute approximate surface area is 121 Å². The van der Waals surface area contributed by atoms with Crippen LogP contribution in [-0.4, -0.2) is 49.0 Å². The van der Waals surface area contributed by atoms with Gasteiger partial charge in [0.25, 0.3) is 5.69 Å². The molecule has 1 aromatic carbocycles. The van der Waals surface area contributed by atoms with Gasteiger partial charge in [-0.05, 0) is 18.6 Å². The summed E-state index contributed by atoms with van der Waals surface area (Å²) in [5, 5.41) is 19.9. The third kappa shape index (κ3) is 3.13. The normalized spacial score (nSPS) is 20.1. The fourth-order valence-corrected chi connectivity index (χ4v) is 4.14. The van der Waals surface area contributed by atoms with Crippen molar-refractivity contribution in [3.8, 4) is 0 Å². The molecule has 0 spiro atoms. The van der Waals surface area contributed by atoms with E-state index in [1.54, 1.807) is 11.9 Å². The van der Waals surface area contributed by atoms with Crippen molar-refractivity contribution in [2.75, 3.05) is 23.5 Å². The van der Waals surface area contributed by atoms with E-state index in [4.69, 9.17) is 5.11 Å². The van der Waals surface area contributed by atoms with Crippen LogP contribution in [0.5, 0.6) is 0 Å². The van der Waals surface area contributed by atoms with Gasteiger partial charge in [-0.1, -0.05) is 0 Å². The standard InChI is InChI=1S/C12H14N2O6S/c1-13(9-4-5-21(19,20)7-9)8-2-3-10(12(15)16)11(6-8)14(17)18/h2-3,6,9H,4-5,7H2,1H3,(H,15,16). The largest absolute Gasteiger partial charge is 0.477 e. The van der Waals surface area contributed by atoms with Crippen LogP contribution in [0.2, 0.25) is 0 Å². The van der Waals surface area contributed by atoms with E-state index in [-0.39, 0.29) is 17.5 Å². The maximum absolute atomic E-state index is 11.5. The van der Waals surface area contributed by atoms with Gasteiger partial charge in [0.1, 0.15) is 5.56 Å². The molecule has 0 radical (unpaired) electrons. The number of carboxylic acid groups (broad SMARTS) is 1. The molecule has 1 fully saturated rings. The number of anilines is 1. The number of sulfone groups is 1. The fourth-order valence-electron chi connectivity index (χ4n) is 2.36. The number of aromatic carboxylic acids is 1. The van der Waals surface area contributed by atoms with Crippen LogP contribution in [0.4, 0.5) is 11.4 Å². The number of carbonyl (C=O) groups is 1. The highest BCUT2D eigenvalue weighted by Gasteiger charge is 2.31. The number of hydrogen-bond acceptors (Lipinski definition) is 6. The summed E-state index contributed by atoms with van der Waals surface area (Å²) in [6, 6.07) is 3.51. The van der Waals surface area contributed by atoms with E-state index in [0.29, 0.717) is 12.1 Å². The Kier molecular flexibility index (Phi) is 3.86. The van der Waals surface area contributed by atoms with Crippen LogP contribution in [0.3, 0.4) is 0 Å². The lowest BCUT2D eigenvalue weighted by Crippen LogP contribution is -2.32. The molecular formula is C12H14N2O6S. The van der Waals surface area contributed by atoms with Gasteiger partial charge >= 0.3 is 5.97 Å². The summed E-state index contributed by atoms with van der Waals surface area (Å²) in [4.78, 5) is 22.8. The summed E-state index contributed by atoms with van der Waals surface area (Å²) in [5.41, 5.74) is -0.474. The molecule has 1 saturated heterocycles. The molecule has 1 aromatic rings. The van der Waals surface area contributed by atoms with Gasteiger partial charge in [0, 0.05) is 24.8 Å². The van der Waals surface area contributed by atoms with E-state index in [2.05, 4.69) is 0 Å². The lowest BCUT2D eigenvalue weighted by atomic mass is 10.1. The van der Waals surface area contributed by atoms with Crippen LogP contribution in [0.25, 0.3) is 0 Å². The maximum atomic E-state index is 11.5. The van der Waals surface area contributed by atoms with Crippen molar-refractivity contribution in [1.29, 1.82) is 0 Å². The second-order valence-corrected chi connectivity index (χ2v) is 7.16. The lowest BCUT2D eigenvalue weighted by molar-refractivity contribution is -0.385. The molecule has 1 aliphatic heterocycles. The van der Waals surface area contributed by atoms with Gasteiger partial charge in [-0.3, -0.25) is 10.1 Å². The monoisotopic (exact) mass is 314 g/mol. The first-order valence-electron chi connectivity index (χ1n) is 6.16. The topological polar surface area (TPSA) is 118 Å².